The lowest BCUT2D eigenvalue weighted by Crippen LogP contribution is -2.43. The summed E-state index contributed by atoms with van der Waals surface area (Å²) in [5, 5.41) is 11.1. The van der Waals surface area contributed by atoms with Crippen LogP contribution < -0.4 is 11.1 Å². The lowest BCUT2D eigenvalue weighted by atomic mass is 10.2. The summed E-state index contributed by atoms with van der Waals surface area (Å²) in [7, 11) is 0. The fourth-order valence-corrected chi connectivity index (χ4v) is 1.53. The van der Waals surface area contributed by atoms with Crippen LogP contribution >= 0.6 is 0 Å². The third-order valence-corrected chi connectivity index (χ3v) is 2.41. The lowest BCUT2D eigenvalue weighted by Gasteiger charge is -2.13. The number of nitrogens with zero attached hydrogens (tertiary/aromatic N) is 1. The monoisotopic (exact) mass is 253 g/mol. The Hall–Kier alpha value is -2.31. The molecule has 1 atom stereocenters. The molecular formula is C11H15N3O4. The molecule has 0 saturated carbocycles. The van der Waals surface area contributed by atoms with E-state index >= 15 is 0 Å². The molecule has 4 N–H and O–H groups in total. The van der Waals surface area contributed by atoms with Crippen LogP contribution in [-0.4, -0.2) is 33.5 Å². The van der Waals surface area contributed by atoms with Gasteiger partial charge in [-0.15, -0.1) is 0 Å². The highest BCUT2D eigenvalue weighted by Crippen LogP contribution is 2.03. The number of aromatic nitrogens is 1. The van der Waals surface area contributed by atoms with Crippen LogP contribution in [0.5, 0.6) is 0 Å². The van der Waals surface area contributed by atoms with Crippen molar-refractivity contribution in [2.75, 3.05) is 0 Å². The van der Waals surface area contributed by atoms with Crippen molar-refractivity contribution in [3.63, 3.8) is 0 Å². The van der Waals surface area contributed by atoms with Gasteiger partial charge in [-0.05, 0) is 19.1 Å². The van der Waals surface area contributed by atoms with Gasteiger partial charge in [-0.2, -0.15) is 0 Å². The molecule has 1 aromatic rings. The summed E-state index contributed by atoms with van der Waals surface area (Å²) in [6, 6.07) is 1.94. The summed E-state index contributed by atoms with van der Waals surface area (Å²) in [6.45, 7) is 2.44. The molecule has 7 nitrogen and oxygen atoms in total. The average molecular weight is 253 g/mol. The molecule has 0 saturated heterocycles. The van der Waals surface area contributed by atoms with E-state index in [-0.39, 0.29) is 0 Å². The Morgan fingerprint density at radius 2 is 2.17 bits per heavy atom. The first-order chi connectivity index (χ1) is 8.45. The number of carbonyl (C=O) groups excluding carboxylic acids is 2. The Labute approximate surface area is 104 Å². The number of primary amides is 1. The molecule has 1 aromatic heterocycles. The Morgan fingerprint density at radius 1 is 1.50 bits per heavy atom. The van der Waals surface area contributed by atoms with Gasteiger partial charge >= 0.3 is 5.97 Å². The molecule has 0 aliphatic carbocycles. The number of hydrogen-bond donors (Lipinski definition) is 3. The standard InChI is InChI=1S/C11H15N3O4/c1-2-14-5-3-4-8(14)10(16)13-7(11(17)18)6-9(12)15/h3-5,7H,2,6H2,1H3,(H2,12,15)(H,13,16)(H,17,18). The molecular weight excluding hydrogens is 238 g/mol. The maximum Gasteiger partial charge on any atom is 0.326 e. The van der Waals surface area contributed by atoms with E-state index in [1.54, 1.807) is 22.9 Å². The van der Waals surface area contributed by atoms with Gasteiger partial charge in [0.15, 0.2) is 0 Å². The van der Waals surface area contributed by atoms with Gasteiger partial charge < -0.3 is 20.7 Å². The number of aryl methyl sites for hydroxylation is 1. The van der Waals surface area contributed by atoms with Crippen LogP contribution in [0.2, 0.25) is 0 Å². The maximum atomic E-state index is 11.8. The predicted molar refractivity (Wildman–Crippen MR) is 62.8 cm³/mol. The van der Waals surface area contributed by atoms with Gasteiger partial charge in [-0.3, -0.25) is 9.59 Å². The van der Waals surface area contributed by atoms with Gasteiger partial charge in [0.1, 0.15) is 11.7 Å². The molecule has 0 bridgehead atoms. The number of amides is 2. The second kappa shape index (κ2) is 5.85. The number of carbonyl (C=O) groups is 3. The van der Waals surface area contributed by atoms with Gasteiger partial charge in [0.2, 0.25) is 5.91 Å². The van der Waals surface area contributed by atoms with E-state index in [0.717, 1.165) is 0 Å². The van der Waals surface area contributed by atoms with Gasteiger partial charge in [0, 0.05) is 12.7 Å². The molecule has 18 heavy (non-hydrogen) atoms. The zero-order chi connectivity index (χ0) is 13.7. The summed E-state index contributed by atoms with van der Waals surface area (Å²) in [5.74, 6) is -2.62. The molecule has 1 rings (SSSR count). The quantitative estimate of drug-likeness (QED) is 0.637. The molecule has 1 heterocycles. The fraction of sp³-hybridized carbons (Fsp3) is 0.364. The van der Waals surface area contributed by atoms with E-state index in [1.807, 2.05) is 6.92 Å². The lowest BCUT2D eigenvalue weighted by molar-refractivity contribution is -0.140. The summed E-state index contributed by atoms with van der Waals surface area (Å²) < 4.78 is 1.67. The van der Waals surface area contributed by atoms with Crippen LogP contribution in [0, 0.1) is 0 Å². The Bertz CT molecular complexity index is 467. The van der Waals surface area contributed by atoms with Gasteiger partial charge in [-0.25, -0.2) is 4.79 Å². The Balaban J connectivity index is 2.78. The van der Waals surface area contributed by atoms with Crippen LogP contribution in [0.3, 0.4) is 0 Å². The average Bonchev–Trinajstić information content (AvgIpc) is 2.75. The summed E-state index contributed by atoms with van der Waals surface area (Å²) in [5.41, 5.74) is 5.26. The molecule has 0 aromatic carbocycles. The van der Waals surface area contributed by atoms with E-state index in [0.29, 0.717) is 12.2 Å². The fourth-order valence-electron chi connectivity index (χ4n) is 1.53. The molecule has 0 radical (unpaired) electrons. The van der Waals surface area contributed by atoms with Crippen molar-refractivity contribution in [1.29, 1.82) is 0 Å². The van der Waals surface area contributed by atoms with E-state index in [9.17, 15) is 14.4 Å². The van der Waals surface area contributed by atoms with E-state index in [2.05, 4.69) is 5.32 Å². The van der Waals surface area contributed by atoms with Gasteiger partial charge in [0.25, 0.3) is 5.91 Å². The molecule has 0 aliphatic heterocycles. The first-order valence-corrected chi connectivity index (χ1v) is 5.42. The van der Waals surface area contributed by atoms with Crippen molar-refractivity contribution in [3.8, 4) is 0 Å². The van der Waals surface area contributed by atoms with Crippen molar-refractivity contribution < 1.29 is 19.5 Å². The van der Waals surface area contributed by atoms with Gasteiger partial charge in [0.05, 0.1) is 6.42 Å². The highest BCUT2D eigenvalue weighted by molar-refractivity contribution is 5.96. The summed E-state index contributed by atoms with van der Waals surface area (Å²) in [4.78, 5) is 33.4. The van der Waals surface area contributed by atoms with Crippen LogP contribution in [0.15, 0.2) is 18.3 Å². The minimum Gasteiger partial charge on any atom is -0.480 e. The van der Waals surface area contributed by atoms with E-state index in [4.69, 9.17) is 10.8 Å². The highest BCUT2D eigenvalue weighted by atomic mass is 16.4. The van der Waals surface area contributed by atoms with Crippen LogP contribution in [0.25, 0.3) is 0 Å². The van der Waals surface area contributed by atoms with Crippen LogP contribution in [0.1, 0.15) is 23.8 Å². The van der Waals surface area contributed by atoms with Crippen molar-refractivity contribution in [1.82, 2.24) is 9.88 Å². The number of carboxylic acid groups (broad SMARTS) is 1. The van der Waals surface area contributed by atoms with Crippen LogP contribution in [0.4, 0.5) is 0 Å². The highest BCUT2D eigenvalue weighted by Gasteiger charge is 2.23. The molecule has 0 spiro atoms. The van der Waals surface area contributed by atoms with E-state index < -0.39 is 30.2 Å². The Kier molecular flexibility index (Phi) is 4.47. The van der Waals surface area contributed by atoms with E-state index in [1.165, 1.54) is 0 Å². The second-order valence-electron chi connectivity index (χ2n) is 3.71. The largest absolute Gasteiger partial charge is 0.480 e. The zero-order valence-electron chi connectivity index (χ0n) is 9.92. The molecule has 1 unspecified atom stereocenters. The van der Waals surface area contributed by atoms with Crippen molar-refractivity contribution in [2.24, 2.45) is 5.73 Å². The normalized spacial score (nSPS) is 11.8. The first-order valence-electron chi connectivity index (χ1n) is 5.42. The summed E-state index contributed by atoms with van der Waals surface area (Å²) in [6.07, 6.45) is 1.27. The number of aliphatic carboxylic acids is 1. The maximum absolute atomic E-state index is 11.8. The van der Waals surface area contributed by atoms with Crippen molar-refractivity contribution >= 4 is 17.8 Å². The number of rotatable bonds is 6. The van der Waals surface area contributed by atoms with Crippen molar-refractivity contribution in [2.45, 2.75) is 25.9 Å². The molecule has 7 heteroatoms. The van der Waals surface area contributed by atoms with Crippen molar-refractivity contribution in [3.05, 3.63) is 24.0 Å². The smallest absolute Gasteiger partial charge is 0.326 e. The minimum atomic E-state index is -1.31. The molecule has 98 valence electrons. The van der Waals surface area contributed by atoms with Crippen LogP contribution in [-0.2, 0) is 16.1 Å². The molecule has 0 fully saturated rings. The zero-order valence-corrected chi connectivity index (χ0v) is 9.92. The topological polar surface area (TPSA) is 114 Å². The number of carboxylic acids is 1. The van der Waals surface area contributed by atoms with Gasteiger partial charge in [-0.1, -0.05) is 0 Å². The first kappa shape index (κ1) is 13.8. The number of hydrogen-bond acceptors (Lipinski definition) is 3. The Morgan fingerprint density at radius 3 is 2.67 bits per heavy atom. The number of nitrogens with two attached hydrogens (primary N) is 1. The number of nitrogens with one attached hydrogen (secondary N) is 1. The summed E-state index contributed by atoms with van der Waals surface area (Å²) >= 11 is 0. The SMILES string of the molecule is CCn1cccc1C(=O)NC(CC(N)=O)C(=O)O. The second-order valence-corrected chi connectivity index (χ2v) is 3.71. The minimum absolute atomic E-state index is 0.341. The third-order valence-electron chi connectivity index (χ3n) is 2.41. The third kappa shape index (κ3) is 3.34. The predicted octanol–water partition coefficient (Wildman–Crippen LogP) is -0.434. The molecule has 0 aliphatic rings. The molecule has 2 amide bonds.